The van der Waals surface area contributed by atoms with Gasteiger partial charge in [0, 0.05) is 24.8 Å². The van der Waals surface area contributed by atoms with Crippen molar-refractivity contribution in [2.75, 3.05) is 18.4 Å². The molecule has 0 aromatic heterocycles. The Hall–Kier alpha value is -1.14. The average molecular weight is 396 g/mol. The molecule has 0 bridgehead atoms. The van der Waals surface area contributed by atoms with Crippen molar-refractivity contribution in [3.63, 3.8) is 0 Å². The molecule has 1 saturated heterocycles. The fraction of sp³-hybridized carbons (Fsp3) is 0.294. The maximum Gasteiger partial charge on any atom is 0.125 e. The summed E-state index contributed by atoms with van der Waals surface area (Å²) in [6.45, 7) is 2.05. The predicted octanol–water partition coefficient (Wildman–Crippen LogP) is 4.45. The van der Waals surface area contributed by atoms with E-state index < -0.39 is 0 Å². The molecule has 0 saturated carbocycles. The van der Waals surface area contributed by atoms with Gasteiger partial charge in [-0.3, -0.25) is 4.90 Å². The first kappa shape index (κ1) is 14.8. The van der Waals surface area contributed by atoms with E-state index in [-0.39, 0.29) is 5.82 Å². The molecule has 4 heteroatoms. The van der Waals surface area contributed by atoms with Gasteiger partial charge in [0.05, 0.1) is 4.05 Å². The maximum absolute atomic E-state index is 13.2. The molecular weight excluding hydrogens is 378 g/mol. The lowest BCUT2D eigenvalue weighted by atomic mass is 10.2. The third-order valence-corrected chi connectivity index (χ3v) is 5.32. The van der Waals surface area contributed by atoms with E-state index in [0.717, 1.165) is 25.2 Å². The van der Waals surface area contributed by atoms with E-state index in [1.54, 1.807) is 12.1 Å². The molecule has 1 heterocycles. The summed E-state index contributed by atoms with van der Waals surface area (Å²) in [6, 6.07) is 17.6. The van der Waals surface area contributed by atoms with Gasteiger partial charge in [-0.05, 0) is 30.2 Å². The lowest BCUT2D eigenvalue weighted by Gasteiger charge is -2.23. The standard InChI is InChI=1S/C17H18FIN2/c18-14-7-4-8-15(11-14)20-16-9-10-21(12-16)17(19)13-5-2-1-3-6-13/h1-8,11,16-17,20H,9-10,12H2. The van der Waals surface area contributed by atoms with Crippen LogP contribution in [0.1, 0.15) is 16.0 Å². The second kappa shape index (κ2) is 6.75. The van der Waals surface area contributed by atoms with E-state index >= 15 is 0 Å². The summed E-state index contributed by atoms with van der Waals surface area (Å²) < 4.78 is 13.6. The number of alkyl halides is 1. The normalized spacial score (nSPS) is 20.4. The Labute approximate surface area is 138 Å². The van der Waals surface area contributed by atoms with Crippen LogP contribution in [0.5, 0.6) is 0 Å². The largest absolute Gasteiger partial charge is 0.381 e. The van der Waals surface area contributed by atoms with Crippen LogP contribution in [0.2, 0.25) is 0 Å². The molecule has 0 radical (unpaired) electrons. The molecule has 1 fully saturated rings. The van der Waals surface area contributed by atoms with E-state index in [4.69, 9.17) is 0 Å². The smallest absolute Gasteiger partial charge is 0.125 e. The summed E-state index contributed by atoms with van der Waals surface area (Å²) in [5, 5.41) is 3.43. The van der Waals surface area contributed by atoms with Crippen LogP contribution in [0.4, 0.5) is 10.1 Å². The Kier molecular flexibility index (Phi) is 4.75. The van der Waals surface area contributed by atoms with Crippen LogP contribution in [0.15, 0.2) is 54.6 Å². The first-order valence-electron chi connectivity index (χ1n) is 7.17. The molecule has 1 N–H and O–H groups in total. The maximum atomic E-state index is 13.2. The van der Waals surface area contributed by atoms with Gasteiger partial charge in [-0.25, -0.2) is 4.39 Å². The van der Waals surface area contributed by atoms with Crippen LogP contribution in [0.3, 0.4) is 0 Å². The summed E-state index contributed by atoms with van der Waals surface area (Å²) in [4.78, 5) is 2.47. The quantitative estimate of drug-likeness (QED) is 0.467. The zero-order valence-corrected chi connectivity index (χ0v) is 13.8. The fourth-order valence-corrected chi connectivity index (χ4v) is 3.67. The first-order chi connectivity index (χ1) is 10.2. The highest BCUT2D eigenvalue weighted by molar-refractivity contribution is 14.1. The van der Waals surface area contributed by atoms with Gasteiger partial charge in [-0.1, -0.05) is 59.0 Å². The van der Waals surface area contributed by atoms with Gasteiger partial charge in [0.25, 0.3) is 0 Å². The minimum atomic E-state index is -0.189. The van der Waals surface area contributed by atoms with Gasteiger partial charge < -0.3 is 5.32 Å². The Bertz CT molecular complexity index is 590. The molecule has 2 atom stereocenters. The van der Waals surface area contributed by atoms with Crippen molar-refractivity contribution in [1.82, 2.24) is 4.90 Å². The summed E-state index contributed by atoms with van der Waals surface area (Å²) in [7, 11) is 0. The molecule has 1 aliphatic heterocycles. The van der Waals surface area contributed by atoms with E-state index in [1.807, 2.05) is 12.1 Å². The van der Waals surface area contributed by atoms with E-state index in [9.17, 15) is 4.39 Å². The Morgan fingerprint density at radius 2 is 1.95 bits per heavy atom. The van der Waals surface area contributed by atoms with Crippen molar-refractivity contribution in [3.05, 3.63) is 66.0 Å². The highest BCUT2D eigenvalue weighted by Crippen LogP contribution is 2.31. The zero-order chi connectivity index (χ0) is 14.7. The molecule has 2 aromatic carbocycles. The summed E-state index contributed by atoms with van der Waals surface area (Å²) >= 11 is 2.49. The number of likely N-dealkylation sites (tertiary alicyclic amines) is 1. The van der Waals surface area contributed by atoms with Gasteiger partial charge in [-0.15, -0.1) is 0 Å². The highest BCUT2D eigenvalue weighted by Gasteiger charge is 2.27. The highest BCUT2D eigenvalue weighted by atomic mass is 127. The van der Waals surface area contributed by atoms with Gasteiger partial charge in [-0.2, -0.15) is 0 Å². The van der Waals surface area contributed by atoms with Gasteiger partial charge >= 0.3 is 0 Å². The lowest BCUT2D eigenvalue weighted by Crippen LogP contribution is -2.27. The number of nitrogens with one attached hydrogen (secondary N) is 1. The predicted molar refractivity (Wildman–Crippen MR) is 93.2 cm³/mol. The number of halogens is 2. The Balaban J connectivity index is 1.60. The molecule has 110 valence electrons. The number of hydrogen-bond donors (Lipinski definition) is 1. The monoisotopic (exact) mass is 396 g/mol. The molecule has 3 rings (SSSR count). The van der Waals surface area contributed by atoms with Crippen molar-refractivity contribution >= 4 is 28.3 Å². The number of rotatable bonds is 4. The van der Waals surface area contributed by atoms with Gasteiger partial charge in [0.15, 0.2) is 0 Å². The van der Waals surface area contributed by atoms with Gasteiger partial charge in [0.2, 0.25) is 0 Å². The first-order valence-corrected chi connectivity index (χ1v) is 8.42. The van der Waals surface area contributed by atoms with Crippen molar-refractivity contribution in [2.45, 2.75) is 16.5 Å². The van der Waals surface area contributed by atoms with Crippen molar-refractivity contribution in [3.8, 4) is 0 Å². The van der Waals surface area contributed by atoms with Crippen LogP contribution in [-0.2, 0) is 0 Å². The summed E-state index contributed by atoms with van der Waals surface area (Å²) in [5.41, 5.74) is 2.20. The molecule has 2 nitrogen and oxygen atoms in total. The summed E-state index contributed by atoms with van der Waals surface area (Å²) in [5.74, 6) is -0.189. The third kappa shape index (κ3) is 3.74. The molecule has 0 amide bonds. The van der Waals surface area contributed by atoms with Crippen LogP contribution in [0.25, 0.3) is 0 Å². The zero-order valence-electron chi connectivity index (χ0n) is 11.7. The van der Waals surface area contributed by atoms with E-state index in [2.05, 4.69) is 57.1 Å². The average Bonchev–Trinajstić information content (AvgIpc) is 2.96. The molecule has 1 aliphatic rings. The number of hydrogen-bond acceptors (Lipinski definition) is 2. The minimum Gasteiger partial charge on any atom is -0.381 e. The number of benzene rings is 2. The topological polar surface area (TPSA) is 15.3 Å². The summed E-state index contributed by atoms with van der Waals surface area (Å²) in [6.07, 6.45) is 1.09. The van der Waals surface area contributed by atoms with Crippen molar-refractivity contribution in [1.29, 1.82) is 0 Å². The molecule has 2 aromatic rings. The molecule has 21 heavy (non-hydrogen) atoms. The molecule has 2 unspecified atom stereocenters. The molecule has 0 spiro atoms. The molecular formula is C17H18FIN2. The van der Waals surface area contributed by atoms with Crippen LogP contribution in [-0.4, -0.2) is 24.0 Å². The van der Waals surface area contributed by atoms with Crippen LogP contribution in [0, 0.1) is 5.82 Å². The molecule has 0 aliphatic carbocycles. The minimum absolute atomic E-state index is 0.189. The number of nitrogens with zero attached hydrogens (tertiary/aromatic N) is 1. The van der Waals surface area contributed by atoms with E-state index in [0.29, 0.717) is 10.1 Å². The van der Waals surface area contributed by atoms with E-state index in [1.165, 1.54) is 11.6 Å². The lowest BCUT2D eigenvalue weighted by molar-refractivity contribution is 0.332. The second-order valence-corrected chi connectivity index (χ2v) is 6.56. The number of anilines is 1. The van der Waals surface area contributed by atoms with Crippen LogP contribution < -0.4 is 5.32 Å². The second-order valence-electron chi connectivity index (χ2n) is 5.38. The SMILES string of the molecule is Fc1cccc(NC2CCN(C(I)c3ccccc3)C2)c1. The van der Waals surface area contributed by atoms with Gasteiger partial charge in [0.1, 0.15) is 5.82 Å². The van der Waals surface area contributed by atoms with Crippen molar-refractivity contribution in [2.24, 2.45) is 0 Å². The fourth-order valence-electron chi connectivity index (χ4n) is 2.75. The van der Waals surface area contributed by atoms with Crippen LogP contribution >= 0.6 is 22.6 Å². The Morgan fingerprint density at radius 3 is 2.71 bits per heavy atom. The Morgan fingerprint density at radius 1 is 1.14 bits per heavy atom. The van der Waals surface area contributed by atoms with Crippen molar-refractivity contribution < 1.29 is 4.39 Å². The third-order valence-electron chi connectivity index (χ3n) is 3.81.